The van der Waals surface area contributed by atoms with Crippen LogP contribution in [-0.2, 0) is 19.1 Å². The molecule has 2 bridgehead atoms. The zero-order valence-corrected chi connectivity index (χ0v) is 18.1. The second-order valence-electron chi connectivity index (χ2n) is 9.47. The molecule has 164 valence electrons. The van der Waals surface area contributed by atoms with Gasteiger partial charge >= 0.3 is 5.97 Å². The van der Waals surface area contributed by atoms with Gasteiger partial charge in [-0.2, -0.15) is 0 Å². The summed E-state index contributed by atoms with van der Waals surface area (Å²) in [7, 11) is 0. The third-order valence-corrected chi connectivity index (χ3v) is 8.12. The smallest absolute Gasteiger partial charge is 0.309 e. The quantitative estimate of drug-likeness (QED) is 0.394. The summed E-state index contributed by atoms with van der Waals surface area (Å²) in [6.45, 7) is -0.296. The summed E-state index contributed by atoms with van der Waals surface area (Å²) >= 11 is 5.82. The van der Waals surface area contributed by atoms with Gasteiger partial charge in [0, 0.05) is 16.6 Å². The van der Waals surface area contributed by atoms with Gasteiger partial charge in [-0.25, -0.2) is 0 Å². The lowest BCUT2D eigenvalue weighted by Crippen LogP contribution is -2.44. The molecule has 3 saturated carbocycles. The molecule has 6 nitrogen and oxygen atoms in total. The summed E-state index contributed by atoms with van der Waals surface area (Å²) in [5.41, 5.74) is 0.450. The molecule has 0 spiro atoms. The van der Waals surface area contributed by atoms with Crippen LogP contribution in [0.3, 0.4) is 0 Å². The number of ketones is 1. The van der Waals surface area contributed by atoms with Gasteiger partial charge in [-0.1, -0.05) is 11.6 Å². The predicted molar refractivity (Wildman–Crippen MR) is 112 cm³/mol. The number of Topliss-reactive ketones (excluding diaryl/α,β-unsaturated/α-hetero) is 1. The number of carbonyl (C=O) groups is 4. The van der Waals surface area contributed by atoms with E-state index in [9.17, 15) is 19.2 Å². The monoisotopic (exact) mass is 443 g/mol. The van der Waals surface area contributed by atoms with Crippen molar-refractivity contribution >= 4 is 35.2 Å². The van der Waals surface area contributed by atoms with Crippen LogP contribution in [0.2, 0.25) is 5.02 Å². The molecule has 0 radical (unpaired) electrons. The van der Waals surface area contributed by atoms with Crippen molar-refractivity contribution in [3.8, 4) is 0 Å². The van der Waals surface area contributed by atoms with Gasteiger partial charge in [-0.05, 0) is 81.0 Å². The van der Waals surface area contributed by atoms with Gasteiger partial charge in [-0.3, -0.25) is 24.1 Å². The molecule has 3 aliphatic carbocycles. The fraction of sp³-hybridized carbons (Fsp3) is 0.583. The number of ether oxygens (including phenoxy) is 1. The number of nitrogens with zero attached hydrogens (tertiary/aromatic N) is 1. The van der Waals surface area contributed by atoms with Crippen LogP contribution in [0, 0.1) is 29.6 Å². The molecule has 4 atom stereocenters. The highest BCUT2D eigenvalue weighted by Crippen LogP contribution is 2.56. The van der Waals surface area contributed by atoms with Gasteiger partial charge in [0.2, 0.25) is 11.8 Å². The van der Waals surface area contributed by atoms with E-state index < -0.39 is 0 Å². The Kier molecular flexibility index (Phi) is 5.37. The zero-order chi connectivity index (χ0) is 21.7. The lowest BCUT2D eigenvalue weighted by molar-refractivity contribution is -0.149. The van der Waals surface area contributed by atoms with E-state index in [4.69, 9.17) is 16.3 Å². The molecule has 31 heavy (non-hydrogen) atoms. The predicted octanol–water partition coefficient (Wildman–Crippen LogP) is 3.66. The average Bonchev–Trinajstić information content (AvgIpc) is 3.46. The highest BCUT2D eigenvalue weighted by molar-refractivity contribution is 6.30. The van der Waals surface area contributed by atoms with E-state index in [1.165, 1.54) is 0 Å². The van der Waals surface area contributed by atoms with Crippen LogP contribution in [0.5, 0.6) is 0 Å². The fourth-order valence-corrected chi connectivity index (χ4v) is 6.46. The van der Waals surface area contributed by atoms with Crippen molar-refractivity contribution in [1.29, 1.82) is 0 Å². The molecule has 1 aromatic rings. The second kappa shape index (κ2) is 8.05. The summed E-state index contributed by atoms with van der Waals surface area (Å²) in [6.07, 6.45) is 5.57. The third-order valence-electron chi connectivity index (χ3n) is 7.87. The third kappa shape index (κ3) is 3.59. The number of amides is 2. The van der Waals surface area contributed by atoms with Gasteiger partial charge in [0.15, 0.2) is 12.4 Å². The number of fused-ring (bicyclic) bond motifs is 5. The van der Waals surface area contributed by atoms with Gasteiger partial charge in [0.25, 0.3) is 0 Å². The normalized spacial score (nSPS) is 34.2. The molecular formula is C24H26ClNO5. The summed E-state index contributed by atoms with van der Waals surface area (Å²) < 4.78 is 5.26. The molecular weight excluding hydrogens is 418 g/mol. The number of hydrogen-bond donors (Lipinski definition) is 0. The minimum Gasteiger partial charge on any atom is -0.457 e. The Bertz CT molecular complexity index is 892. The van der Waals surface area contributed by atoms with Crippen molar-refractivity contribution in [2.75, 3.05) is 6.61 Å². The van der Waals surface area contributed by atoms with E-state index in [1.54, 1.807) is 29.2 Å². The van der Waals surface area contributed by atoms with Crippen molar-refractivity contribution in [3.05, 3.63) is 34.9 Å². The summed E-state index contributed by atoms with van der Waals surface area (Å²) in [6, 6.07) is 6.35. The summed E-state index contributed by atoms with van der Waals surface area (Å²) in [5, 5.41) is 0.538. The van der Waals surface area contributed by atoms with Crippen molar-refractivity contribution in [2.24, 2.45) is 29.6 Å². The number of likely N-dealkylation sites (tertiary alicyclic amines) is 1. The van der Waals surface area contributed by atoms with Gasteiger partial charge in [-0.15, -0.1) is 0 Å². The lowest BCUT2D eigenvalue weighted by Gasteiger charge is -2.33. The van der Waals surface area contributed by atoms with E-state index in [1.807, 2.05) is 0 Å². The lowest BCUT2D eigenvalue weighted by atomic mass is 9.81. The molecule has 0 unspecified atom stereocenters. The molecule has 1 saturated heterocycles. The van der Waals surface area contributed by atoms with E-state index in [-0.39, 0.29) is 54.0 Å². The first kappa shape index (κ1) is 20.7. The Balaban J connectivity index is 1.13. The van der Waals surface area contributed by atoms with Crippen LogP contribution < -0.4 is 0 Å². The maximum Gasteiger partial charge on any atom is 0.309 e. The molecule has 4 aliphatic rings. The molecule has 7 heteroatoms. The first-order chi connectivity index (χ1) is 14.9. The molecule has 0 aromatic heterocycles. The van der Waals surface area contributed by atoms with E-state index >= 15 is 0 Å². The molecule has 1 heterocycles. The van der Waals surface area contributed by atoms with E-state index in [2.05, 4.69) is 0 Å². The van der Waals surface area contributed by atoms with Crippen LogP contribution in [0.15, 0.2) is 24.3 Å². The van der Waals surface area contributed by atoms with Crippen LogP contribution in [0.1, 0.15) is 55.3 Å². The first-order valence-electron chi connectivity index (χ1n) is 11.3. The van der Waals surface area contributed by atoms with Crippen molar-refractivity contribution in [1.82, 2.24) is 4.90 Å². The Morgan fingerprint density at radius 2 is 1.48 bits per heavy atom. The Morgan fingerprint density at radius 3 is 2.06 bits per heavy atom. The Morgan fingerprint density at radius 1 is 0.903 bits per heavy atom. The maximum absolute atomic E-state index is 13.0. The number of imide groups is 1. The van der Waals surface area contributed by atoms with Crippen LogP contribution in [-0.4, -0.2) is 41.1 Å². The highest BCUT2D eigenvalue weighted by Gasteiger charge is 2.61. The fourth-order valence-electron chi connectivity index (χ4n) is 6.34. The molecule has 1 aliphatic heterocycles. The second-order valence-corrected chi connectivity index (χ2v) is 9.91. The number of halogens is 1. The van der Waals surface area contributed by atoms with E-state index in [0.29, 0.717) is 48.1 Å². The average molecular weight is 444 g/mol. The minimum absolute atomic E-state index is 0.0294. The topological polar surface area (TPSA) is 80.8 Å². The van der Waals surface area contributed by atoms with Crippen LogP contribution in [0.4, 0.5) is 0 Å². The molecule has 5 rings (SSSR count). The maximum atomic E-state index is 13.0. The summed E-state index contributed by atoms with van der Waals surface area (Å²) in [5.74, 6) is -0.285. The number of benzene rings is 1. The Labute approximate surface area is 186 Å². The largest absolute Gasteiger partial charge is 0.457 e. The minimum atomic E-state index is -0.380. The first-order valence-corrected chi connectivity index (χ1v) is 11.6. The standard InChI is InChI=1S/C24H26ClNO5/c25-17-7-3-13(4-8-17)19(27)12-31-24(30)14-5-9-18(10-6-14)26-22(28)20-15-1-2-16(11-15)21(20)23(26)29/h3-4,7-8,14-16,18,20-21H,1-2,5-6,9-12H2/t14?,15-,16-,18?,20-,21-/m0/s1. The Hall–Kier alpha value is -2.21. The number of hydrogen-bond acceptors (Lipinski definition) is 5. The van der Waals surface area contributed by atoms with Crippen molar-refractivity contribution < 1.29 is 23.9 Å². The SMILES string of the molecule is O=C(COC(=O)C1CCC(N2C(=O)[C@H]3[C@H]4CC[C@@H](C4)[C@@H]3C2=O)CC1)c1ccc(Cl)cc1. The van der Waals surface area contributed by atoms with Crippen LogP contribution in [0.25, 0.3) is 0 Å². The summed E-state index contributed by atoms with van der Waals surface area (Å²) in [4.78, 5) is 52.2. The van der Waals surface area contributed by atoms with Crippen LogP contribution >= 0.6 is 11.6 Å². The van der Waals surface area contributed by atoms with E-state index in [0.717, 1.165) is 19.3 Å². The number of carbonyl (C=O) groups excluding carboxylic acids is 4. The molecule has 4 fully saturated rings. The van der Waals surface area contributed by atoms with Gasteiger partial charge in [0.1, 0.15) is 0 Å². The molecule has 0 N–H and O–H groups in total. The van der Waals surface area contributed by atoms with Gasteiger partial charge < -0.3 is 4.74 Å². The highest BCUT2D eigenvalue weighted by atomic mass is 35.5. The molecule has 1 aromatic carbocycles. The number of esters is 1. The van der Waals surface area contributed by atoms with Gasteiger partial charge in [0.05, 0.1) is 17.8 Å². The number of rotatable bonds is 5. The van der Waals surface area contributed by atoms with Crippen molar-refractivity contribution in [3.63, 3.8) is 0 Å². The zero-order valence-electron chi connectivity index (χ0n) is 17.3. The molecule has 2 amide bonds. The van der Waals surface area contributed by atoms with Crippen molar-refractivity contribution in [2.45, 2.75) is 51.0 Å².